The maximum Gasteiger partial charge on any atom is 0.260 e. The predicted octanol–water partition coefficient (Wildman–Crippen LogP) is 4.79. The van der Waals surface area contributed by atoms with E-state index in [0.717, 1.165) is 28.7 Å². The molecule has 0 unspecified atom stereocenters. The molecule has 1 amide bonds. The zero-order chi connectivity index (χ0) is 16.8. The van der Waals surface area contributed by atoms with E-state index in [9.17, 15) is 4.79 Å². The van der Waals surface area contributed by atoms with E-state index < -0.39 is 0 Å². The number of amides is 1. The summed E-state index contributed by atoms with van der Waals surface area (Å²) in [5.74, 6) is 0.00861. The first-order chi connectivity index (χ1) is 11.5. The van der Waals surface area contributed by atoms with Gasteiger partial charge >= 0.3 is 0 Å². The molecule has 1 aromatic heterocycles. The first kappa shape index (κ1) is 15.2. The van der Waals surface area contributed by atoms with Crippen molar-refractivity contribution in [1.82, 2.24) is 4.98 Å². The first-order valence-electron chi connectivity index (χ1n) is 8.03. The summed E-state index contributed by atoms with van der Waals surface area (Å²) >= 11 is 6.04. The van der Waals surface area contributed by atoms with Crippen LogP contribution in [0.1, 0.15) is 28.5 Å². The second kappa shape index (κ2) is 5.60. The Morgan fingerprint density at radius 2 is 2.00 bits per heavy atom. The van der Waals surface area contributed by atoms with Gasteiger partial charge in [0, 0.05) is 22.1 Å². The molecule has 120 valence electrons. The van der Waals surface area contributed by atoms with E-state index in [4.69, 9.17) is 11.6 Å². The van der Waals surface area contributed by atoms with Crippen molar-refractivity contribution < 1.29 is 4.79 Å². The van der Waals surface area contributed by atoms with E-state index in [-0.39, 0.29) is 11.9 Å². The molecule has 1 aliphatic heterocycles. The van der Waals surface area contributed by atoms with Gasteiger partial charge in [-0.3, -0.25) is 9.78 Å². The van der Waals surface area contributed by atoms with Gasteiger partial charge in [-0.1, -0.05) is 35.9 Å². The van der Waals surface area contributed by atoms with Crippen molar-refractivity contribution in [3.63, 3.8) is 0 Å². The molecule has 1 atom stereocenters. The molecule has 4 rings (SSSR count). The maximum atomic E-state index is 13.2. The Bertz CT molecular complexity index is 967. The van der Waals surface area contributed by atoms with Crippen LogP contribution >= 0.6 is 11.6 Å². The second-order valence-corrected chi connectivity index (χ2v) is 6.75. The van der Waals surface area contributed by atoms with Gasteiger partial charge in [0.25, 0.3) is 5.91 Å². The molecule has 3 aromatic rings. The van der Waals surface area contributed by atoms with E-state index in [2.05, 4.69) is 18.0 Å². The Labute approximate surface area is 145 Å². The molecule has 0 saturated heterocycles. The predicted molar refractivity (Wildman–Crippen MR) is 97.9 cm³/mol. The fraction of sp³-hybridized carbons (Fsp3) is 0.200. The summed E-state index contributed by atoms with van der Waals surface area (Å²) in [6, 6.07) is 15.7. The van der Waals surface area contributed by atoms with Crippen molar-refractivity contribution in [1.29, 1.82) is 0 Å². The third-order valence-electron chi connectivity index (χ3n) is 4.63. The highest BCUT2D eigenvalue weighted by molar-refractivity contribution is 6.31. The molecule has 3 nitrogen and oxygen atoms in total. The van der Waals surface area contributed by atoms with Crippen molar-refractivity contribution in [2.24, 2.45) is 0 Å². The van der Waals surface area contributed by atoms with Crippen molar-refractivity contribution >= 4 is 34.1 Å². The highest BCUT2D eigenvalue weighted by Gasteiger charge is 2.32. The van der Waals surface area contributed by atoms with Crippen LogP contribution in [0.4, 0.5) is 5.69 Å². The molecule has 0 bridgehead atoms. The Kier molecular flexibility index (Phi) is 3.54. The lowest BCUT2D eigenvalue weighted by atomic mass is 10.1. The lowest BCUT2D eigenvalue weighted by Gasteiger charge is -2.23. The number of rotatable bonds is 1. The lowest BCUT2D eigenvalue weighted by Crippen LogP contribution is -2.36. The summed E-state index contributed by atoms with van der Waals surface area (Å²) in [4.78, 5) is 19.7. The van der Waals surface area contributed by atoms with Crippen molar-refractivity contribution in [2.75, 3.05) is 4.90 Å². The van der Waals surface area contributed by atoms with Crippen molar-refractivity contribution in [2.45, 2.75) is 26.3 Å². The first-order valence-corrected chi connectivity index (χ1v) is 8.41. The standard InChI is InChI=1S/C20H17ClN2O/c1-12-9-15-5-3-4-6-19(15)23(12)20(24)17-10-14-7-8-16(21)11-18(14)22-13(17)2/h3-8,10-12H,9H2,1-2H3/t12-/m0/s1. The maximum absolute atomic E-state index is 13.2. The summed E-state index contributed by atoms with van der Waals surface area (Å²) in [6.45, 7) is 3.96. The van der Waals surface area contributed by atoms with E-state index in [1.54, 1.807) is 0 Å². The number of hydrogen-bond acceptors (Lipinski definition) is 2. The Morgan fingerprint density at radius 3 is 2.83 bits per heavy atom. The molecule has 0 fully saturated rings. The number of anilines is 1. The Balaban J connectivity index is 1.81. The molecule has 24 heavy (non-hydrogen) atoms. The number of para-hydroxylation sites is 1. The zero-order valence-electron chi connectivity index (χ0n) is 13.6. The summed E-state index contributed by atoms with van der Waals surface area (Å²) in [6.07, 6.45) is 0.886. The summed E-state index contributed by atoms with van der Waals surface area (Å²) in [7, 11) is 0. The lowest BCUT2D eigenvalue weighted by molar-refractivity contribution is 0.0980. The number of aryl methyl sites for hydroxylation is 1. The molecular formula is C20H17ClN2O. The minimum Gasteiger partial charge on any atom is -0.305 e. The number of benzene rings is 2. The number of nitrogens with zero attached hydrogens (tertiary/aromatic N) is 2. The molecule has 0 saturated carbocycles. The van der Waals surface area contributed by atoms with Gasteiger partial charge in [-0.05, 0) is 50.1 Å². The minimum absolute atomic E-state index is 0.00861. The number of hydrogen-bond donors (Lipinski definition) is 0. The van der Waals surface area contributed by atoms with Crippen molar-refractivity contribution in [3.8, 4) is 0 Å². The van der Waals surface area contributed by atoms with Crippen LogP contribution in [-0.2, 0) is 6.42 Å². The Hall–Kier alpha value is -2.39. The quantitative estimate of drug-likeness (QED) is 0.640. The average Bonchev–Trinajstić information content (AvgIpc) is 2.89. The fourth-order valence-corrected chi connectivity index (χ4v) is 3.62. The SMILES string of the molecule is Cc1nc2cc(Cl)ccc2cc1C(=O)N1c2ccccc2C[C@@H]1C. The number of carbonyl (C=O) groups is 1. The van der Waals surface area contributed by atoms with Crippen LogP contribution in [-0.4, -0.2) is 16.9 Å². The van der Waals surface area contributed by atoms with Crippen LogP contribution in [0.3, 0.4) is 0 Å². The topological polar surface area (TPSA) is 33.2 Å². The van der Waals surface area contributed by atoms with Gasteiger partial charge in [0.1, 0.15) is 0 Å². The molecule has 0 N–H and O–H groups in total. The molecule has 2 heterocycles. The van der Waals surface area contributed by atoms with Gasteiger partial charge in [-0.25, -0.2) is 0 Å². The van der Waals surface area contributed by atoms with Crippen LogP contribution in [0.2, 0.25) is 5.02 Å². The number of fused-ring (bicyclic) bond motifs is 2. The van der Waals surface area contributed by atoms with Gasteiger partial charge in [-0.15, -0.1) is 0 Å². The normalized spacial score (nSPS) is 16.5. The molecular weight excluding hydrogens is 320 g/mol. The molecule has 4 heteroatoms. The van der Waals surface area contributed by atoms with Crippen LogP contribution in [0.25, 0.3) is 10.9 Å². The molecule has 0 radical (unpaired) electrons. The Morgan fingerprint density at radius 1 is 1.21 bits per heavy atom. The van der Waals surface area contributed by atoms with Crippen LogP contribution in [0.15, 0.2) is 48.5 Å². The van der Waals surface area contributed by atoms with Crippen LogP contribution < -0.4 is 4.90 Å². The number of halogens is 1. The van der Waals surface area contributed by atoms with Gasteiger partial charge < -0.3 is 4.90 Å². The third kappa shape index (κ3) is 2.36. The second-order valence-electron chi connectivity index (χ2n) is 6.32. The van der Waals surface area contributed by atoms with E-state index in [1.807, 2.05) is 54.3 Å². The average molecular weight is 337 g/mol. The highest BCUT2D eigenvalue weighted by Crippen LogP contribution is 2.33. The van der Waals surface area contributed by atoms with E-state index in [1.165, 1.54) is 5.56 Å². The van der Waals surface area contributed by atoms with Gasteiger partial charge in [0.05, 0.1) is 16.8 Å². The van der Waals surface area contributed by atoms with Crippen molar-refractivity contribution in [3.05, 3.63) is 70.4 Å². The molecule has 1 aliphatic rings. The van der Waals surface area contributed by atoms with Gasteiger partial charge in [0.15, 0.2) is 0 Å². The van der Waals surface area contributed by atoms with Gasteiger partial charge in [-0.2, -0.15) is 0 Å². The highest BCUT2D eigenvalue weighted by atomic mass is 35.5. The number of carbonyl (C=O) groups excluding carboxylic acids is 1. The summed E-state index contributed by atoms with van der Waals surface area (Å²) in [5.41, 5.74) is 4.41. The molecule has 0 aliphatic carbocycles. The minimum atomic E-state index is 0.00861. The largest absolute Gasteiger partial charge is 0.305 e. The summed E-state index contributed by atoms with van der Waals surface area (Å²) < 4.78 is 0. The smallest absolute Gasteiger partial charge is 0.260 e. The van der Waals surface area contributed by atoms with E-state index >= 15 is 0 Å². The zero-order valence-corrected chi connectivity index (χ0v) is 14.3. The number of pyridine rings is 1. The van der Waals surface area contributed by atoms with E-state index in [0.29, 0.717) is 10.6 Å². The fourth-order valence-electron chi connectivity index (χ4n) is 3.46. The van der Waals surface area contributed by atoms with Crippen LogP contribution in [0, 0.1) is 6.92 Å². The monoisotopic (exact) mass is 336 g/mol. The molecule has 2 aromatic carbocycles. The summed E-state index contributed by atoms with van der Waals surface area (Å²) in [5, 5.41) is 1.57. The van der Waals surface area contributed by atoms with Crippen LogP contribution in [0.5, 0.6) is 0 Å². The third-order valence-corrected chi connectivity index (χ3v) is 4.86. The number of aromatic nitrogens is 1. The molecule has 0 spiro atoms. The van der Waals surface area contributed by atoms with Gasteiger partial charge in [0.2, 0.25) is 0 Å².